The van der Waals surface area contributed by atoms with Gasteiger partial charge in [0.15, 0.2) is 0 Å². The molecule has 1 aromatic carbocycles. The van der Waals surface area contributed by atoms with Gasteiger partial charge < -0.3 is 11.5 Å². The largest absolute Gasteiger partial charge is 0.384 e. The molecule has 1 heterocycles. The van der Waals surface area contributed by atoms with Crippen LogP contribution in [0.4, 0.5) is 5.82 Å². The lowest BCUT2D eigenvalue weighted by molar-refractivity contribution is 0.100. The first kappa shape index (κ1) is 9.45. The number of nitrogen functional groups attached to an aromatic ring is 1. The topological polar surface area (TPSA) is 82.0 Å². The molecule has 0 bridgehead atoms. The summed E-state index contributed by atoms with van der Waals surface area (Å²) in [5.74, 6) is -0.0135. The van der Waals surface area contributed by atoms with Crippen LogP contribution in [0.1, 0.15) is 15.9 Å². The van der Waals surface area contributed by atoms with E-state index in [4.69, 9.17) is 11.5 Å². The van der Waals surface area contributed by atoms with Crippen LogP contribution in [0.3, 0.4) is 0 Å². The minimum atomic E-state index is -0.459. The number of rotatable bonds is 1. The smallest absolute Gasteiger partial charge is 0.248 e. The van der Waals surface area contributed by atoms with Gasteiger partial charge in [-0.1, -0.05) is 6.07 Å². The molecule has 0 aliphatic carbocycles. The van der Waals surface area contributed by atoms with E-state index in [1.54, 1.807) is 18.2 Å². The van der Waals surface area contributed by atoms with Gasteiger partial charge in [-0.3, -0.25) is 4.79 Å². The van der Waals surface area contributed by atoms with Gasteiger partial charge in [0.2, 0.25) is 5.91 Å². The molecule has 4 nitrogen and oxygen atoms in total. The molecule has 0 spiro atoms. The molecule has 0 saturated carbocycles. The maximum absolute atomic E-state index is 11.0. The number of aryl methyl sites for hydroxylation is 1. The van der Waals surface area contributed by atoms with Gasteiger partial charge in [0.25, 0.3) is 0 Å². The van der Waals surface area contributed by atoms with Crippen molar-refractivity contribution in [3.05, 3.63) is 35.4 Å². The third-order valence-corrected chi connectivity index (χ3v) is 2.32. The number of anilines is 1. The van der Waals surface area contributed by atoms with Crippen molar-refractivity contribution >= 4 is 22.6 Å². The molecule has 4 N–H and O–H groups in total. The Labute approximate surface area is 86.9 Å². The highest BCUT2D eigenvalue weighted by molar-refractivity contribution is 5.97. The Morgan fingerprint density at radius 2 is 2.07 bits per heavy atom. The highest BCUT2D eigenvalue weighted by Crippen LogP contribution is 2.19. The second-order valence-electron chi connectivity index (χ2n) is 3.46. The molecule has 0 saturated heterocycles. The maximum atomic E-state index is 11.0. The summed E-state index contributed by atoms with van der Waals surface area (Å²) < 4.78 is 0. The van der Waals surface area contributed by atoms with Crippen LogP contribution in [0.15, 0.2) is 24.3 Å². The van der Waals surface area contributed by atoms with Crippen LogP contribution < -0.4 is 11.5 Å². The summed E-state index contributed by atoms with van der Waals surface area (Å²) in [5.41, 5.74) is 13.0. The SMILES string of the molecule is Cc1cc(N)nc2cc(C(N)=O)ccc12. The number of hydrogen-bond acceptors (Lipinski definition) is 3. The first-order chi connectivity index (χ1) is 7.08. The summed E-state index contributed by atoms with van der Waals surface area (Å²) in [5, 5.41) is 0.981. The van der Waals surface area contributed by atoms with E-state index < -0.39 is 5.91 Å². The van der Waals surface area contributed by atoms with Crippen LogP contribution in [-0.4, -0.2) is 10.9 Å². The van der Waals surface area contributed by atoms with E-state index in [1.165, 1.54) is 0 Å². The van der Waals surface area contributed by atoms with Crippen molar-refractivity contribution in [2.45, 2.75) is 6.92 Å². The van der Waals surface area contributed by atoms with Crippen LogP contribution in [0, 0.1) is 6.92 Å². The van der Waals surface area contributed by atoms with Crippen molar-refractivity contribution < 1.29 is 4.79 Å². The van der Waals surface area contributed by atoms with E-state index in [0.29, 0.717) is 16.9 Å². The Morgan fingerprint density at radius 1 is 1.33 bits per heavy atom. The van der Waals surface area contributed by atoms with Crippen molar-refractivity contribution in [3.63, 3.8) is 0 Å². The van der Waals surface area contributed by atoms with Crippen LogP contribution >= 0.6 is 0 Å². The monoisotopic (exact) mass is 201 g/mol. The molecular weight excluding hydrogens is 190 g/mol. The molecule has 15 heavy (non-hydrogen) atoms. The lowest BCUT2D eigenvalue weighted by Gasteiger charge is -2.04. The molecule has 2 aromatic rings. The fourth-order valence-electron chi connectivity index (χ4n) is 1.58. The zero-order valence-electron chi connectivity index (χ0n) is 8.32. The number of pyridine rings is 1. The molecule has 0 unspecified atom stereocenters. The number of benzene rings is 1. The fraction of sp³-hybridized carbons (Fsp3) is 0.0909. The molecule has 0 aliphatic heterocycles. The molecule has 0 radical (unpaired) electrons. The number of carbonyl (C=O) groups excluding carboxylic acids is 1. The molecule has 0 aliphatic rings. The summed E-state index contributed by atoms with van der Waals surface area (Å²) in [4.78, 5) is 15.1. The summed E-state index contributed by atoms with van der Waals surface area (Å²) in [6, 6.07) is 6.97. The van der Waals surface area contributed by atoms with Gasteiger partial charge in [-0.05, 0) is 30.7 Å². The number of carbonyl (C=O) groups is 1. The highest BCUT2D eigenvalue weighted by atomic mass is 16.1. The minimum absolute atomic E-state index is 0.444. The molecule has 1 aromatic heterocycles. The molecule has 4 heteroatoms. The van der Waals surface area contributed by atoms with Gasteiger partial charge in [0.05, 0.1) is 5.52 Å². The Balaban J connectivity index is 2.76. The van der Waals surface area contributed by atoms with E-state index in [1.807, 2.05) is 13.0 Å². The van der Waals surface area contributed by atoms with Gasteiger partial charge >= 0.3 is 0 Å². The Hall–Kier alpha value is -2.10. The third-order valence-electron chi connectivity index (χ3n) is 2.32. The third kappa shape index (κ3) is 1.61. The first-order valence-corrected chi connectivity index (χ1v) is 4.54. The van der Waals surface area contributed by atoms with E-state index in [-0.39, 0.29) is 0 Å². The molecule has 76 valence electrons. The Morgan fingerprint density at radius 3 is 2.73 bits per heavy atom. The number of amides is 1. The van der Waals surface area contributed by atoms with Gasteiger partial charge in [-0.25, -0.2) is 4.98 Å². The quantitative estimate of drug-likeness (QED) is 0.727. The van der Waals surface area contributed by atoms with Gasteiger partial charge in [-0.2, -0.15) is 0 Å². The Kier molecular flexibility index (Phi) is 2.04. The van der Waals surface area contributed by atoms with E-state index in [0.717, 1.165) is 10.9 Å². The molecule has 0 fully saturated rings. The maximum Gasteiger partial charge on any atom is 0.248 e. The molecular formula is C11H11N3O. The van der Waals surface area contributed by atoms with Crippen LogP contribution in [-0.2, 0) is 0 Å². The predicted octanol–water partition coefficient (Wildman–Crippen LogP) is 1.22. The van der Waals surface area contributed by atoms with Crippen LogP contribution in [0.25, 0.3) is 10.9 Å². The number of primary amides is 1. The molecule has 2 rings (SSSR count). The van der Waals surface area contributed by atoms with Crippen molar-refractivity contribution in [1.82, 2.24) is 4.98 Å². The average molecular weight is 201 g/mol. The number of nitrogens with zero attached hydrogens (tertiary/aromatic N) is 1. The summed E-state index contributed by atoms with van der Waals surface area (Å²) in [6.07, 6.45) is 0. The van der Waals surface area contributed by atoms with Gasteiger partial charge in [0.1, 0.15) is 5.82 Å². The fourth-order valence-corrected chi connectivity index (χ4v) is 1.58. The summed E-state index contributed by atoms with van der Waals surface area (Å²) >= 11 is 0. The van der Waals surface area contributed by atoms with Crippen molar-refractivity contribution in [1.29, 1.82) is 0 Å². The van der Waals surface area contributed by atoms with Gasteiger partial charge in [0, 0.05) is 10.9 Å². The zero-order valence-corrected chi connectivity index (χ0v) is 8.32. The van der Waals surface area contributed by atoms with E-state index >= 15 is 0 Å². The minimum Gasteiger partial charge on any atom is -0.384 e. The number of aromatic nitrogens is 1. The highest BCUT2D eigenvalue weighted by Gasteiger charge is 2.05. The normalized spacial score (nSPS) is 10.5. The molecule has 0 atom stereocenters. The second-order valence-corrected chi connectivity index (χ2v) is 3.46. The van der Waals surface area contributed by atoms with Crippen molar-refractivity contribution in [2.24, 2.45) is 5.73 Å². The van der Waals surface area contributed by atoms with Crippen molar-refractivity contribution in [2.75, 3.05) is 5.73 Å². The second kappa shape index (κ2) is 3.24. The first-order valence-electron chi connectivity index (χ1n) is 4.54. The number of nitrogens with two attached hydrogens (primary N) is 2. The standard InChI is InChI=1S/C11H11N3O/c1-6-4-10(12)14-9-5-7(11(13)15)2-3-8(6)9/h2-5H,1H3,(H2,12,14)(H2,13,15). The molecule has 1 amide bonds. The Bertz CT molecular complexity index is 549. The van der Waals surface area contributed by atoms with E-state index in [2.05, 4.69) is 4.98 Å². The van der Waals surface area contributed by atoms with E-state index in [9.17, 15) is 4.79 Å². The summed E-state index contributed by atoms with van der Waals surface area (Å²) in [6.45, 7) is 1.95. The zero-order chi connectivity index (χ0) is 11.0. The lowest BCUT2D eigenvalue weighted by atomic mass is 10.1. The lowest BCUT2D eigenvalue weighted by Crippen LogP contribution is -2.10. The number of hydrogen-bond donors (Lipinski definition) is 2. The van der Waals surface area contributed by atoms with Crippen LogP contribution in [0.5, 0.6) is 0 Å². The van der Waals surface area contributed by atoms with Crippen LogP contribution in [0.2, 0.25) is 0 Å². The summed E-state index contributed by atoms with van der Waals surface area (Å²) in [7, 11) is 0. The average Bonchev–Trinajstić information content (AvgIpc) is 2.16. The van der Waals surface area contributed by atoms with Gasteiger partial charge in [-0.15, -0.1) is 0 Å². The van der Waals surface area contributed by atoms with Crippen molar-refractivity contribution in [3.8, 4) is 0 Å². The number of fused-ring (bicyclic) bond motifs is 1. The predicted molar refractivity (Wildman–Crippen MR) is 59.4 cm³/mol.